The van der Waals surface area contributed by atoms with Crippen molar-refractivity contribution in [1.29, 1.82) is 0 Å². The van der Waals surface area contributed by atoms with Crippen molar-refractivity contribution in [2.24, 2.45) is 5.92 Å². The number of nitrogens with zero attached hydrogens (tertiary/aromatic N) is 5. The lowest BCUT2D eigenvalue weighted by Gasteiger charge is -2.25. The topological polar surface area (TPSA) is 86.6 Å². The Labute approximate surface area is 183 Å². The number of hydrogen-bond acceptors (Lipinski definition) is 8. The molecule has 0 bridgehead atoms. The Bertz CT molecular complexity index is 868. The van der Waals surface area contributed by atoms with Crippen molar-refractivity contribution in [2.75, 3.05) is 38.8 Å². The Balaban J connectivity index is 1.23. The smallest absolute Gasteiger partial charge is 0.341 e. The van der Waals surface area contributed by atoms with Crippen molar-refractivity contribution in [1.82, 2.24) is 25.5 Å². The van der Waals surface area contributed by atoms with Crippen LogP contribution in [0.25, 0.3) is 0 Å². The van der Waals surface area contributed by atoms with Gasteiger partial charge < -0.3 is 24.4 Å². The lowest BCUT2D eigenvalue weighted by Crippen LogP contribution is -2.43. The van der Waals surface area contributed by atoms with Crippen LogP contribution in [0, 0.1) is 5.92 Å². The number of hydrogen-bond donors (Lipinski definition) is 1. The highest BCUT2D eigenvalue weighted by Crippen LogP contribution is 2.36. The second-order valence-corrected chi connectivity index (χ2v) is 9.08. The summed E-state index contributed by atoms with van der Waals surface area (Å²) >= 11 is 0. The highest BCUT2D eigenvalue weighted by Gasteiger charge is 2.49. The van der Waals surface area contributed by atoms with E-state index in [2.05, 4.69) is 20.8 Å². The predicted molar refractivity (Wildman–Crippen MR) is 116 cm³/mol. The average molecular weight is 429 g/mol. The summed E-state index contributed by atoms with van der Waals surface area (Å²) < 4.78 is 20.0. The van der Waals surface area contributed by atoms with Crippen molar-refractivity contribution < 1.29 is 14.2 Å². The van der Waals surface area contributed by atoms with Crippen LogP contribution >= 0.6 is 0 Å². The van der Waals surface area contributed by atoms with Gasteiger partial charge in [0.05, 0.1) is 19.3 Å². The molecule has 2 aliphatic heterocycles. The molecule has 1 aliphatic carbocycles. The zero-order valence-corrected chi connectivity index (χ0v) is 18.3. The lowest BCUT2D eigenvalue weighted by atomic mass is 9.89. The van der Waals surface area contributed by atoms with Gasteiger partial charge in [0.2, 0.25) is 0 Å². The number of nitrogens with one attached hydrogen (secondary N) is 1. The van der Waals surface area contributed by atoms with Crippen molar-refractivity contribution in [3.63, 3.8) is 0 Å². The minimum absolute atomic E-state index is 0.0164. The maximum Gasteiger partial charge on any atom is 0.341 e. The lowest BCUT2D eigenvalue weighted by molar-refractivity contribution is 0.0610. The molecule has 0 amide bonds. The minimum Gasteiger partial charge on any atom is -0.423 e. The molecule has 9 heteroatoms. The van der Waals surface area contributed by atoms with Gasteiger partial charge in [0.15, 0.2) is 0 Å². The van der Waals surface area contributed by atoms with E-state index in [1.54, 1.807) is 4.68 Å². The van der Waals surface area contributed by atoms with E-state index in [1.807, 2.05) is 43.3 Å². The summed E-state index contributed by atoms with van der Waals surface area (Å²) in [7, 11) is 3.99. The fourth-order valence-electron chi connectivity index (χ4n) is 4.96. The molecule has 2 saturated heterocycles. The Hall–Kier alpha value is -2.23. The molecule has 31 heavy (non-hydrogen) atoms. The Morgan fingerprint density at radius 1 is 1.13 bits per heavy atom. The molecule has 9 nitrogen and oxygen atoms in total. The number of tetrazole rings is 1. The van der Waals surface area contributed by atoms with E-state index in [0.717, 1.165) is 18.2 Å². The normalized spacial score (nSPS) is 28.6. The summed E-state index contributed by atoms with van der Waals surface area (Å²) in [5.74, 6) is 1.47. The largest absolute Gasteiger partial charge is 0.423 e. The quantitative estimate of drug-likeness (QED) is 0.720. The molecule has 3 heterocycles. The van der Waals surface area contributed by atoms with E-state index < -0.39 is 0 Å². The second kappa shape index (κ2) is 9.10. The number of benzene rings is 1. The van der Waals surface area contributed by atoms with Crippen LogP contribution in [0.3, 0.4) is 0 Å². The number of fused-ring (bicyclic) bond motifs is 1. The third-order valence-electron chi connectivity index (χ3n) is 6.74. The van der Waals surface area contributed by atoms with Gasteiger partial charge in [0.25, 0.3) is 0 Å². The number of anilines is 1. The summed E-state index contributed by atoms with van der Waals surface area (Å²) in [5.41, 5.74) is 1.05. The van der Waals surface area contributed by atoms with Crippen LogP contribution in [-0.4, -0.2) is 72.3 Å². The fourth-order valence-corrected chi connectivity index (χ4v) is 4.96. The number of ether oxygens (including phenoxy) is 3. The molecule has 1 aromatic heterocycles. The molecule has 0 unspecified atom stereocenters. The van der Waals surface area contributed by atoms with Gasteiger partial charge in [-0.05, 0) is 47.9 Å². The molecule has 1 saturated carbocycles. The van der Waals surface area contributed by atoms with Gasteiger partial charge in [-0.25, -0.2) is 0 Å². The molecule has 5 rings (SSSR count). The highest BCUT2D eigenvalue weighted by molar-refractivity contribution is 5.49. The number of rotatable bonds is 7. The van der Waals surface area contributed by atoms with Gasteiger partial charge in [-0.3, -0.25) is 0 Å². The standard InChI is InChI=1S/C22H32N6O3/c1-27(2)16-9-6-10-17(11-16)31-22-24-25-26-28(22)19-14-30-20-18(13-29-21(19)20)23-12-15-7-4-3-5-8-15/h6,9-11,15,18-21,23H,3-5,7-8,12-14H2,1-2H3/t18-,19+,20-,21+/m0/s1. The SMILES string of the molecule is CN(C)c1cccc(Oc2nnnn2[C@@H]2CO[C@@H]3[C@@H]2OC[C@@H]3NCC2CCCCC2)c1. The third-order valence-corrected chi connectivity index (χ3v) is 6.74. The summed E-state index contributed by atoms with van der Waals surface area (Å²) in [5, 5.41) is 15.9. The molecular weight excluding hydrogens is 396 g/mol. The van der Waals surface area contributed by atoms with Crippen LogP contribution in [0.15, 0.2) is 24.3 Å². The van der Waals surface area contributed by atoms with Crippen LogP contribution in [0.4, 0.5) is 5.69 Å². The second-order valence-electron chi connectivity index (χ2n) is 9.08. The van der Waals surface area contributed by atoms with Crippen LogP contribution in [0.5, 0.6) is 11.8 Å². The third kappa shape index (κ3) is 4.40. The van der Waals surface area contributed by atoms with E-state index in [0.29, 0.717) is 25.0 Å². The summed E-state index contributed by atoms with van der Waals surface area (Å²) in [6, 6.07) is 8.31. The summed E-state index contributed by atoms with van der Waals surface area (Å²) in [6.45, 7) is 2.21. The van der Waals surface area contributed by atoms with Gasteiger partial charge in [0, 0.05) is 25.8 Å². The van der Waals surface area contributed by atoms with Gasteiger partial charge >= 0.3 is 6.01 Å². The maximum atomic E-state index is 6.16. The molecule has 1 aromatic carbocycles. The first-order chi connectivity index (χ1) is 15.2. The molecule has 0 spiro atoms. The molecule has 3 fully saturated rings. The van der Waals surface area contributed by atoms with Crippen LogP contribution < -0.4 is 15.0 Å². The van der Waals surface area contributed by atoms with Crippen molar-refractivity contribution >= 4 is 5.69 Å². The number of aromatic nitrogens is 4. The van der Waals surface area contributed by atoms with E-state index in [4.69, 9.17) is 14.2 Å². The molecule has 4 atom stereocenters. The van der Waals surface area contributed by atoms with E-state index >= 15 is 0 Å². The fraction of sp³-hybridized carbons (Fsp3) is 0.682. The van der Waals surface area contributed by atoms with Crippen molar-refractivity contribution in [2.45, 2.75) is 56.4 Å². The predicted octanol–water partition coefficient (Wildman–Crippen LogP) is 2.41. The van der Waals surface area contributed by atoms with Crippen LogP contribution in [-0.2, 0) is 9.47 Å². The van der Waals surface area contributed by atoms with Gasteiger partial charge in [-0.2, -0.15) is 4.68 Å². The van der Waals surface area contributed by atoms with Gasteiger partial charge in [0.1, 0.15) is 24.0 Å². The molecule has 168 valence electrons. The minimum atomic E-state index is -0.103. The Morgan fingerprint density at radius 3 is 2.81 bits per heavy atom. The van der Waals surface area contributed by atoms with E-state index in [1.165, 1.54) is 32.1 Å². The van der Waals surface area contributed by atoms with Gasteiger partial charge in [-0.15, -0.1) is 0 Å². The first-order valence-electron chi connectivity index (χ1n) is 11.4. The van der Waals surface area contributed by atoms with E-state index in [-0.39, 0.29) is 24.3 Å². The molecule has 2 aromatic rings. The maximum absolute atomic E-state index is 6.16. The summed E-state index contributed by atoms with van der Waals surface area (Å²) in [6.07, 6.45) is 6.70. The zero-order valence-electron chi connectivity index (χ0n) is 18.3. The van der Waals surface area contributed by atoms with Crippen molar-refractivity contribution in [3.8, 4) is 11.8 Å². The van der Waals surface area contributed by atoms with E-state index in [9.17, 15) is 0 Å². The first-order valence-corrected chi connectivity index (χ1v) is 11.4. The van der Waals surface area contributed by atoms with Crippen molar-refractivity contribution in [3.05, 3.63) is 24.3 Å². The molecular formula is C22H32N6O3. The highest BCUT2D eigenvalue weighted by atomic mass is 16.6. The van der Waals surface area contributed by atoms with Crippen LogP contribution in [0.1, 0.15) is 38.1 Å². The monoisotopic (exact) mass is 428 g/mol. The molecule has 3 aliphatic rings. The zero-order chi connectivity index (χ0) is 21.2. The van der Waals surface area contributed by atoms with Crippen LogP contribution in [0.2, 0.25) is 0 Å². The van der Waals surface area contributed by atoms with Gasteiger partial charge in [-0.1, -0.05) is 30.4 Å². The summed E-state index contributed by atoms with van der Waals surface area (Å²) in [4.78, 5) is 2.03. The molecule has 0 radical (unpaired) electrons. The first kappa shape index (κ1) is 20.7. The average Bonchev–Trinajstić information content (AvgIpc) is 3.50. The molecule has 1 N–H and O–H groups in total. The Morgan fingerprint density at radius 2 is 1.97 bits per heavy atom. The Kier molecular flexibility index (Phi) is 6.06.